The first-order valence-electron chi connectivity index (χ1n) is 8.26. The van der Waals surface area contributed by atoms with Gasteiger partial charge >= 0.3 is 6.09 Å². The van der Waals surface area contributed by atoms with E-state index < -0.39 is 5.60 Å². The summed E-state index contributed by atoms with van der Waals surface area (Å²) < 4.78 is 6.64. The van der Waals surface area contributed by atoms with Gasteiger partial charge in [0, 0.05) is 23.2 Å². The van der Waals surface area contributed by atoms with Gasteiger partial charge < -0.3 is 15.0 Å². The predicted molar refractivity (Wildman–Crippen MR) is 97.9 cm³/mol. The summed E-state index contributed by atoms with van der Waals surface area (Å²) in [7, 11) is 0. The molecule has 0 radical (unpaired) electrons. The van der Waals surface area contributed by atoms with Gasteiger partial charge in [-0.1, -0.05) is 22.0 Å². The van der Waals surface area contributed by atoms with Gasteiger partial charge in [0.25, 0.3) is 0 Å². The number of hydrogen-bond acceptors (Lipinski definition) is 3. The average Bonchev–Trinajstić information content (AvgIpc) is 2.47. The molecule has 1 amide bonds. The van der Waals surface area contributed by atoms with Crippen LogP contribution >= 0.6 is 15.9 Å². The number of rotatable bonds is 3. The summed E-state index contributed by atoms with van der Waals surface area (Å²) in [6, 6.07) is 6.41. The predicted octanol–water partition coefficient (Wildman–Crippen LogP) is 4.96. The first kappa shape index (κ1) is 18.1. The Bertz CT molecular complexity index is 554. The van der Waals surface area contributed by atoms with Crippen LogP contribution in [-0.2, 0) is 4.74 Å². The number of piperidine rings is 1. The smallest absolute Gasteiger partial charge is 0.410 e. The lowest BCUT2D eigenvalue weighted by Crippen LogP contribution is -2.48. The van der Waals surface area contributed by atoms with Crippen molar-refractivity contribution in [2.75, 3.05) is 18.4 Å². The normalized spacial score (nSPS) is 18.7. The Morgan fingerprint density at radius 1 is 1.39 bits per heavy atom. The van der Waals surface area contributed by atoms with Crippen molar-refractivity contribution in [3.05, 3.63) is 28.2 Å². The molecule has 1 atom stereocenters. The minimum atomic E-state index is -0.450. The molecular weight excluding hydrogens is 356 g/mol. The number of ether oxygens (including phenoxy) is 1. The molecule has 1 fully saturated rings. The van der Waals surface area contributed by atoms with E-state index >= 15 is 0 Å². The van der Waals surface area contributed by atoms with Crippen molar-refractivity contribution in [3.8, 4) is 0 Å². The second kappa shape index (κ2) is 7.56. The summed E-state index contributed by atoms with van der Waals surface area (Å²) in [5.41, 5.74) is 1.83. The third-order valence-electron chi connectivity index (χ3n) is 3.97. The van der Waals surface area contributed by atoms with Crippen LogP contribution in [-0.4, -0.2) is 35.7 Å². The second-order valence-electron chi connectivity index (χ2n) is 7.17. The summed E-state index contributed by atoms with van der Waals surface area (Å²) in [6.07, 6.45) is 3.02. The summed E-state index contributed by atoms with van der Waals surface area (Å²) in [4.78, 5) is 14.3. The van der Waals surface area contributed by atoms with Crippen LogP contribution in [0.3, 0.4) is 0 Å². The van der Waals surface area contributed by atoms with E-state index in [4.69, 9.17) is 4.74 Å². The van der Waals surface area contributed by atoms with Crippen LogP contribution in [0.1, 0.15) is 45.6 Å². The number of hydrogen-bond donors (Lipinski definition) is 1. The molecule has 0 bridgehead atoms. The van der Waals surface area contributed by atoms with Gasteiger partial charge in [-0.05, 0) is 64.7 Å². The van der Waals surface area contributed by atoms with Crippen LogP contribution in [0.2, 0.25) is 0 Å². The van der Waals surface area contributed by atoms with Crippen LogP contribution in [0.5, 0.6) is 0 Å². The number of halogens is 1. The fraction of sp³-hybridized carbons (Fsp3) is 0.611. The lowest BCUT2D eigenvalue weighted by Gasteiger charge is -2.37. The number of nitrogens with zero attached hydrogens (tertiary/aromatic N) is 1. The highest BCUT2D eigenvalue weighted by atomic mass is 79.9. The number of aryl methyl sites for hydroxylation is 1. The van der Waals surface area contributed by atoms with Crippen LogP contribution in [0.4, 0.5) is 10.5 Å². The molecule has 1 aromatic carbocycles. The molecule has 0 aromatic heterocycles. The first-order valence-corrected chi connectivity index (χ1v) is 9.05. The van der Waals surface area contributed by atoms with E-state index in [0.717, 1.165) is 42.5 Å². The Morgan fingerprint density at radius 2 is 2.13 bits per heavy atom. The van der Waals surface area contributed by atoms with Gasteiger partial charge in [-0.15, -0.1) is 0 Å². The van der Waals surface area contributed by atoms with E-state index in [9.17, 15) is 4.79 Å². The molecule has 0 spiro atoms. The lowest BCUT2D eigenvalue weighted by molar-refractivity contribution is 0.0114. The fourth-order valence-corrected chi connectivity index (χ4v) is 3.09. The zero-order valence-corrected chi connectivity index (χ0v) is 16.1. The van der Waals surface area contributed by atoms with E-state index in [0.29, 0.717) is 0 Å². The maximum Gasteiger partial charge on any atom is 0.410 e. The molecule has 1 aliphatic rings. The number of amides is 1. The van der Waals surface area contributed by atoms with Crippen molar-refractivity contribution in [1.82, 2.24) is 4.90 Å². The molecule has 5 heteroatoms. The van der Waals surface area contributed by atoms with Crippen LogP contribution < -0.4 is 5.32 Å². The van der Waals surface area contributed by atoms with Crippen molar-refractivity contribution in [2.24, 2.45) is 0 Å². The molecule has 0 aliphatic carbocycles. The van der Waals surface area contributed by atoms with Crippen molar-refractivity contribution in [1.29, 1.82) is 0 Å². The van der Waals surface area contributed by atoms with Crippen molar-refractivity contribution >= 4 is 27.7 Å². The molecule has 1 aliphatic heterocycles. The number of benzene rings is 1. The molecule has 23 heavy (non-hydrogen) atoms. The SMILES string of the molecule is Cc1ccc(NCC2CCCCN2C(=O)OC(C)(C)C)cc1Br. The molecule has 2 rings (SSSR count). The third-order valence-corrected chi connectivity index (χ3v) is 4.82. The molecule has 0 saturated carbocycles. The Labute approximate surface area is 147 Å². The summed E-state index contributed by atoms with van der Waals surface area (Å²) in [5.74, 6) is 0. The monoisotopic (exact) mass is 382 g/mol. The largest absolute Gasteiger partial charge is 0.444 e. The number of carbonyl (C=O) groups excluding carboxylic acids is 1. The van der Waals surface area contributed by atoms with Gasteiger partial charge in [0.1, 0.15) is 5.60 Å². The number of carbonyl (C=O) groups is 1. The molecule has 128 valence electrons. The van der Waals surface area contributed by atoms with E-state index in [2.05, 4.69) is 46.4 Å². The minimum Gasteiger partial charge on any atom is -0.444 e. The molecule has 1 heterocycles. The Balaban J connectivity index is 1.98. The second-order valence-corrected chi connectivity index (χ2v) is 8.02. The van der Waals surface area contributed by atoms with E-state index in [1.54, 1.807) is 0 Å². The molecular formula is C18H27BrN2O2. The first-order chi connectivity index (χ1) is 10.8. The summed E-state index contributed by atoms with van der Waals surface area (Å²) >= 11 is 3.56. The van der Waals surface area contributed by atoms with Gasteiger partial charge in [-0.25, -0.2) is 4.79 Å². The summed E-state index contributed by atoms with van der Waals surface area (Å²) in [6.45, 7) is 9.32. The van der Waals surface area contributed by atoms with Crippen LogP contribution in [0.15, 0.2) is 22.7 Å². The lowest BCUT2D eigenvalue weighted by atomic mass is 10.0. The van der Waals surface area contributed by atoms with Crippen molar-refractivity contribution < 1.29 is 9.53 Å². The molecule has 1 N–H and O–H groups in total. The van der Waals surface area contributed by atoms with E-state index in [1.165, 1.54) is 5.56 Å². The van der Waals surface area contributed by atoms with Crippen LogP contribution in [0, 0.1) is 6.92 Å². The topological polar surface area (TPSA) is 41.6 Å². The van der Waals surface area contributed by atoms with Gasteiger partial charge in [0.15, 0.2) is 0 Å². The van der Waals surface area contributed by atoms with Gasteiger partial charge in [0.2, 0.25) is 0 Å². The zero-order valence-electron chi connectivity index (χ0n) is 14.5. The molecule has 4 nitrogen and oxygen atoms in total. The van der Waals surface area contributed by atoms with Crippen LogP contribution in [0.25, 0.3) is 0 Å². The minimum absolute atomic E-state index is 0.179. The highest BCUT2D eigenvalue weighted by Crippen LogP contribution is 2.23. The third kappa shape index (κ3) is 5.41. The Kier molecular flexibility index (Phi) is 5.95. The maximum atomic E-state index is 12.4. The van der Waals surface area contributed by atoms with Crippen molar-refractivity contribution in [3.63, 3.8) is 0 Å². The highest BCUT2D eigenvalue weighted by Gasteiger charge is 2.30. The molecule has 1 unspecified atom stereocenters. The van der Waals surface area contributed by atoms with Gasteiger partial charge in [0.05, 0.1) is 6.04 Å². The summed E-state index contributed by atoms with van der Waals surface area (Å²) in [5, 5.41) is 3.45. The van der Waals surface area contributed by atoms with E-state index in [1.807, 2.05) is 25.7 Å². The molecule has 1 aromatic rings. The van der Waals surface area contributed by atoms with E-state index in [-0.39, 0.29) is 12.1 Å². The standard InChI is InChI=1S/C18H27BrN2O2/c1-13-8-9-14(11-16(13)19)20-12-15-7-5-6-10-21(15)17(22)23-18(2,3)4/h8-9,11,15,20H,5-7,10,12H2,1-4H3. The number of anilines is 1. The Hall–Kier alpha value is -1.23. The maximum absolute atomic E-state index is 12.4. The fourth-order valence-electron chi connectivity index (χ4n) is 2.71. The quantitative estimate of drug-likeness (QED) is 0.802. The Morgan fingerprint density at radius 3 is 2.78 bits per heavy atom. The highest BCUT2D eigenvalue weighted by molar-refractivity contribution is 9.10. The number of nitrogens with one attached hydrogen (secondary N) is 1. The van der Waals surface area contributed by atoms with Gasteiger partial charge in [-0.3, -0.25) is 0 Å². The number of likely N-dealkylation sites (tertiary alicyclic amines) is 1. The zero-order chi connectivity index (χ0) is 17.0. The van der Waals surface area contributed by atoms with Crippen molar-refractivity contribution in [2.45, 2.75) is 58.6 Å². The average molecular weight is 383 g/mol. The van der Waals surface area contributed by atoms with Gasteiger partial charge in [-0.2, -0.15) is 0 Å². The molecule has 1 saturated heterocycles.